The number of carboxylic acid groups (broad SMARTS) is 2. The largest absolute Gasteiger partial charge is 0.550 e. The van der Waals surface area contributed by atoms with Gasteiger partial charge in [0.05, 0.1) is 12.4 Å². The Labute approximate surface area is 87.1 Å². The van der Waals surface area contributed by atoms with Gasteiger partial charge in [0.2, 0.25) is 0 Å². The van der Waals surface area contributed by atoms with Crippen molar-refractivity contribution in [3.05, 3.63) is 29.8 Å². The molecule has 0 amide bonds. The molecule has 5 heteroatoms. The number of carbonyl (C=O) groups is 2. The Balaban J connectivity index is 0.000000265. The molecule has 0 bridgehead atoms. The number of carboxylic acids is 2. The van der Waals surface area contributed by atoms with Crippen molar-refractivity contribution in [3.63, 3.8) is 0 Å². The van der Waals surface area contributed by atoms with Gasteiger partial charge in [-0.25, -0.2) is 0 Å². The van der Waals surface area contributed by atoms with Crippen molar-refractivity contribution >= 4 is 17.6 Å². The van der Waals surface area contributed by atoms with Crippen LogP contribution in [0.4, 0.5) is 5.69 Å². The number of quaternary nitrogens is 1. The van der Waals surface area contributed by atoms with Crippen molar-refractivity contribution in [2.45, 2.75) is 13.3 Å². The predicted octanol–water partition coefficient (Wildman–Crippen LogP) is -0.921. The minimum atomic E-state index is -1.56. The molecule has 1 aromatic rings. The number of hydrogen-bond acceptors (Lipinski definition) is 3. The lowest BCUT2D eigenvalue weighted by atomic mass is 10.2. The smallest absolute Gasteiger partial charge is 0.309 e. The number of aryl methyl sites for hydroxylation is 1. The van der Waals surface area contributed by atoms with E-state index in [9.17, 15) is 14.7 Å². The van der Waals surface area contributed by atoms with Crippen LogP contribution in [0.5, 0.6) is 0 Å². The lowest BCUT2D eigenvalue weighted by molar-refractivity contribution is -0.305. The lowest BCUT2D eigenvalue weighted by Gasteiger charge is -1.91. The summed E-state index contributed by atoms with van der Waals surface area (Å²) in [6.07, 6.45) is -0.917. The number of benzene rings is 1. The van der Waals surface area contributed by atoms with Crippen molar-refractivity contribution in [3.8, 4) is 0 Å². The summed E-state index contributed by atoms with van der Waals surface area (Å²) < 4.78 is 0. The van der Waals surface area contributed by atoms with Crippen molar-refractivity contribution in [1.29, 1.82) is 0 Å². The van der Waals surface area contributed by atoms with Crippen molar-refractivity contribution < 1.29 is 25.5 Å². The van der Waals surface area contributed by atoms with Gasteiger partial charge in [-0.3, -0.25) is 4.79 Å². The normalized spacial score (nSPS) is 8.67. The lowest BCUT2D eigenvalue weighted by Crippen LogP contribution is -2.39. The second kappa shape index (κ2) is 6.56. The Kier molecular flexibility index (Phi) is 5.73. The molecule has 0 unspecified atom stereocenters. The highest BCUT2D eigenvalue weighted by atomic mass is 16.4. The van der Waals surface area contributed by atoms with E-state index in [0.717, 1.165) is 5.69 Å². The summed E-state index contributed by atoms with van der Waals surface area (Å²) in [5, 5.41) is 17.0. The molecule has 0 aliphatic rings. The molecule has 0 saturated heterocycles. The Morgan fingerprint density at radius 1 is 1.33 bits per heavy atom. The fourth-order valence-corrected chi connectivity index (χ4v) is 0.712. The zero-order valence-corrected chi connectivity index (χ0v) is 8.40. The van der Waals surface area contributed by atoms with E-state index in [1.165, 1.54) is 5.56 Å². The zero-order valence-electron chi connectivity index (χ0n) is 8.40. The quantitative estimate of drug-likeness (QED) is 0.617. The maximum absolute atomic E-state index is 9.39. The molecule has 82 valence electrons. The third kappa shape index (κ3) is 8.45. The highest BCUT2D eigenvalue weighted by Crippen LogP contribution is 2.00. The minimum absolute atomic E-state index is 0.917. The molecule has 0 aromatic heterocycles. The van der Waals surface area contributed by atoms with Gasteiger partial charge in [-0.1, -0.05) is 17.7 Å². The third-order valence-electron chi connectivity index (χ3n) is 1.42. The van der Waals surface area contributed by atoms with Crippen LogP contribution in [0.1, 0.15) is 12.0 Å². The summed E-state index contributed by atoms with van der Waals surface area (Å²) in [6.45, 7) is 2.07. The SMILES string of the molecule is Cc1ccc([NH3+])cc1.O=C([O-])CC(=O)O. The first kappa shape index (κ1) is 13.1. The topological polar surface area (TPSA) is 105 Å². The highest BCUT2D eigenvalue weighted by Gasteiger charge is 1.92. The molecule has 1 aromatic carbocycles. The first-order valence-corrected chi connectivity index (χ1v) is 4.22. The molecule has 0 fully saturated rings. The molecule has 4 N–H and O–H groups in total. The van der Waals surface area contributed by atoms with Crippen LogP contribution in [0, 0.1) is 6.92 Å². The van der Waals surface area contributed by atoms with Crippen LogP contribution in [0.2, 0.25) is 0 Å². The van der Waals surface area contributed by atoms with Crippen LogP contribution in [0.25, 0.3) is 0 Å². The van der Waals surface area contributed by atoms with E-state index in [0.29, 0.717) is 0 Å². The van der Waals surface area contributed by atoms with E-state index in [4.69, 9.17) is 5.11 Å². The number of rotatable bonds is 2. The van der Waals surface area contributed by atoms with E-state index in [1.807, 2.05) is 12.1 Å². The molecule has 0 spiro atoms. The Hall–Kier alpha value is -1.88. The van der Waals surface area contributed by atoms with Gasteiger partial charge < -0.3 is 20.7 Å². The monoisotopic (exact) mass is 211 g/mol. The highest BCUT2D eigenvalue weighted by molar-refractivity contribution is 5.87. The van der Waals surface area contributed by atoms with Gasteiger partial charge in [-0.15, -0.1) is 0 Å². The second-order valence-electron chi connectivity index (χ2n) is 2.93. The standard InChI is InChI=1S/C7H9N.C3H4O4/c1-6-2-4-7(8)5-3-6;4-2(5)1-3(6)7/h2-5H,8H2,1H3;1H2,(H,4,5)(H,6,7). The predicted molar refractivity (Wildman–Crippen MR) is 51.0 cm³/mol. The number of aliphatic carboxylic acids is 2. The maximum Gasteiger partial charge on any atom is 0.309 e. The van der Waals surface area contributed by atoms with Gasteiger partial charge in [0.15, 0.2) is 0 Å². The maximum atomic E-state index is 9.39. The average molecular weight is 211 g/mol. The van der Waals surface area contributed by atoms with Crippen LogP contribution >= 0.6 is 0 Å². The fourth-order valence-electron chi connectivity index (χ4n) is 0.712. The first-order valence-electron chi connectivity index (χ1n) is 4.22. The second-order valence-corrected chi connectivity index (χ2v) is 2.93. The molecular formula is C10H13NO4. The third-order valence-corrected chi connectivity index (χ3v) is 1.42. The van der Waals surface area contributed by atoms with E-state index >= 15 is 0 Å². The molecule has 5 nitrogen and oxygen atoms in total. The Morgan fingerprint density at radius 3 is 2.00 bits per heavy atom. The fraction of sp³-hybridized carbons (Fsp3) is 0.200. The van der Waals surface area contributed by atoms with E-state index < -0.39 is 18.4 Å². The van der Waals surface area contributed by atoms with Gasteiger partial charge in [0.1, 0.15) is 5.69 Å². The zero-order chi connectivity index (χ0) is 11.8. The summed E-state index contributed by atoms with van der Waals surface area (Å²) >= 11 is 0. The molecule has 0 aliphatic heterocycles. The van der Waals surface area contributed by atoms with Crippen LogP contribution in [-0.2, 0) is 9.59 Å². The Bertz CT molecular complexity index is 299. The summed E-state index contributed by atoms with van der Waals surface area (Å²) in [7, 11) is 0. The minimum Gasteiger partial charge on any atom is -0.550 e. The number of carbonyl (C=O) groups excluding carboxylic acids is 1. The average Bonchev–Trinajstić information content (AvgIpc) is 2.09. The van der Waals surface area contributed by atoms with E-state index in [-0.39, 0.29) is 0 Å². The molecule has 0 atom stereocenters. The van der Waals surface area contributed by atoms with Crippen LogP contribution < -0.4 is 10.8 Å². The molecule has 0 aliphatic carbocycles. The van der Waals surface area contributed by atoms with Crippen LogP contribution in [0.15, 0.2) is 24.3 Å². The van der Waals surface area contributed by atoms with Gasteiger partial charge in [0, 0.05) is 0 Å². The molecule has 0 heterocycles. The van der Waals surface area contributed by atoms with Crippen LogP contribution in [-0.4, -0.2) is 17.0 Å². The van der Waals surface area contributed by atoms with E-state index in [2.05, 4.69) is 24.8 Å². The Morgan fingerprint density at radius 2 is 1.80 bits per heavy atom. The van der Waals surface area contributed by atoms with Crippen LogP contribution in [0.3, 0.4) is 0 Å². The first-order chi connectivity index (χ1) is 6.91. The van der Waals surface area contributed by atoms with Crippen molar-refractivity contribution in [1.82, 2.24) is 0 Å². The molecular weight excluding hydrogens is 198 g/mol. The number of hydrogen-bond donors (Lipinski definition) is 2. The summed E-state index contributed by atoms with van der Waals surface area (Å²) in [6, 6.07) is 8.13. The van der Waals surface area contributed by atoms with Crippen molar-refractivity contribution in [2.24, 2.45) is 0 Å². The van der Waals surface area contributed by atoms with Gasteiger partial charge >= 0.3 is 5.97 Å². The molecule has 15 heavy (non-hydrogen) atoms. The summed E-state index contributed by atoms with van der Waals surface area (Å²) in [5.74, 6) is -2.94. The van der Waals surface area contributed by atoms with Gasteiger partial charge in [-0.2, -0.15) is 0 Å². The summed E-state index contributed by atoms with van der Waals surface area (Å²) in [4.78, 5) is 18.7. The molecule has 1 rings (SSSR count). The van der Waals surface area contributed by atoms with E-state index in [1.54, 1.807) is 0 Å². The van der Waals surface area contributed by atoms with Gasteiger partial charge in [0.25, 0.3) is 0 Å². The molecule has 0 saturated carbocycles. The van der Waals surface area contributed by atoms with Gasteiger partial charge in [-0.05, 0) is 19.1 Å². The van der Waals surface area contributed by atoms with Crippen molar-refractivity contribution in [2.75, 3.05) is 0 Å². The molecule has 0 radical (unpaired) electrons. The summed E-state index contributed by atoms with van der Waals surface area (Å²) in [5.41, 5.74) is 6.13.